The van der Waals surface area contributed by atoms with Crippen molar-refractivity contribution >= 4 is 5.91 Å². The molecule has 0 aromatic carbocycles. The molecule has 0 bridgehead atoms. The Kier molecular flexibility index (Phi) is 2.72. The van der Waals surface area contributed by atoms with Crippen molar-refractivity contribution in [2.75, 3.05) is 0 Å². The second-order valence-electron chi connectivity index (χ2n) is 2.15. The van der Waals surface area contributed by atoms with Gasteiger partial charge in [0.2, 0.25) is 0 Å². The molecular formula is C5H9N5O2. The van der Waals surface area contributed by atoms with Crippen LogP contribution < -0.4 is 11.2 Å². The minimum atomic E-state index is -0.552. The number of carbonyl (C=O) groups is 1. The Morgan fingerprint density at radius 3 is 3.08 bits per heavy atom. The van der Waals surface area contributed by atoms with Crippen LogP contribution in [0, 0.1) is 0 Å². The maximum atomic E-state index is 10.6. The van der Waals surface area contributed by atoms with Gasteiger partial charge in [-0.05, 0) is 0 Å². The predicted molar refractivity (Wildman–Crippen MR) is 37.8 cm³/mol. The number of nitrogens with two attached hydrogens (primary N) is 1. The summed E-state index contributed by atoms with van der Waals surface area (Å²) in [4.78, 5) is 10.6. The summed E-state index contributed by atoms with van der Waals surface area (Å²) in [6.45, 7) is 0.213. The van der Waals surface area contributed by atoms with Crippen molar-refractivity contribution in [3.05, 3.63) is 11.9 Å². The van der Waals surface area contributed by atoms with Crippen molar-refractivity contribution in [3.8, 4) is 0 Å². The first-order valence-corrected chi connectivity index (χ1v) is 3.28. The second kappa shape index (κ2) is 3.79. The van der Waals surface area contributed by atoms with Crippen LogP contribution in [0.1, 0.15) is 5.69 Å². The highest BCUT2D eigenvalue weighted by atomic mass is 16.5. The van der Waals surface area contributed by atoms with E-state index in [0.717, 1.165) is 0 Å². The summed E-state index contributed by atoms with van der Waals surface area (Å²) >= 11 is 0. The monoisotopic (exact) mass is 171 g/mol. The van der Waals surface area contributed by atoms with Gasteiger partial charge in [-0.15, -0.1) is 5.10 Å². The third-order valence-electron chi connectivity index (χ3n) is 1.23. The molecule has 66 valence electrons. The molecule has 12 heavy (non-hydrogen) atoms. The number of nitrogens with one attached hydrogen (secondary N) is 1. The molecule has 7 heteroatoms. The number of aromatic nitrogens is 3. The van der Waals surface area contributed by atoms with Gasteiger partial charge >= 0.3 is 0 Å². The summed E-state index contributed by atoms with van der Waals surface area (Å²) in [5, 5.41) is 15.4. The Balaban J connectivity index is 2.58. The highest BCUT2D eigenvalue weighted by molar-refractivity contribution is 5.74. The summed E-state index contributed by atoms with van der Waals surface area (Å²) < 4.78 is 1.29. The zero-order valence-corrected chi connectivity index (χ0v) is 6.27. The van der Waals surface area contributed by atoms with E-state index in [0.29, 0.717) is 5.69 Å². The minimum absolute atomic E-state index is 0.0660. The van der Waals surface area contributed by atoms with Crippen molar-refractivity contribution in [2.24, 2.45) is 5.73 Å². The summed E-state index contributed by atoms with van der Waals surface area (Å²) in [5.41, 5.74) is 7.34. The topological polar surface area (TPSA) is 106 Å². The molecule has 0 saturated carbocycles. The number of hydrogen-bond donors (Lipinski definition) is 3. The van der Waals surface area contributed by atoms with Gasteiger partial charge in [-0.3, -0.25) is 10.0 Å². The minimum Gasteiger partial charge on any atom is -0.325 e. The van der Waals surface area contributed by atoms with E-state index in [-0.39, 0.29) is 13.1 Å². The van der Waals surface area contributed by atoms with Crippen LogP contribution >= 0.6 is 0 Å². The first kappa shape index (κ1) is 8.62. The molecular weight excluding hydrogens is 162 g/mol. The summed E-state index contributed by atoms with van der Waals surface area (Å²) in [6.07, 6.45) is 1.54. The van der Waals surface area contributed by atoms with Gasteiger partial charge in [0.15, 0.2) is 0 Å². The molecule has 0 atom stereocenters. The summed E-state index contributed by atoms with van der Waals surface area (Å²) in [5.74, 6) is -0.552. The van der Waals surface area contributed by atoms with Gasteiger partial charge in [-0.1, -0.05) is 5.21 Å². The molecule has 0 aliphatic heterocycles. The van der Waals surface area contributed by atoms with Gasteiger partial charge in [0.1, 0.15) is 6.54 Å². The van der Waals surface area contributed by atoms with Gasteiger partial charge in [-0.25, -0.2) is 10.2 Å². The number of rotatable bonds is 3. The van der Waals surface area contributed by atoms with Crippen molar-refractivity contribution in [1.29, 1.82) is 0 Å². The third-order valence-corrected chi connectivity index (χ3v) is 1.23. The van der Waals surface area contributed by atoms with Crippen molar-refractivity contribution in [1.82, 2.24) is 20.5 Å². The van der Waals surface area contributed by atoms with Gasteiger partial charge < -0.3 is 5.73 Å². The molecule has 7 nitrogen and oxygen atoms in total. The van der Waals surface area contributed by atoms with E-state index in [1.165, 1.54) is 16.4 Å². The lowest BCUT2D eigenvalue weighted by atomic mass is 10.5. The average molecular weight is 171 g/mol. The van der Waals surface area contributed by atoms with Crippen LogP contribution in [-0.2, 0) is 17.9 Å². The van der Waals surface area contributed by atoms with Crippen LogP contribution in [0.4, 0.5) is 0 Å². The van der Waals surface area contributed by atoms with Gasteiger partial charge in [-0.2, -0.15) is 0 Å². The van der Waals surface area contributed by atoms with Gasteiger partial charge in [0, 0.05) is 6.54 Å². The van der Waals surface area contributed by atoms with E-state index < -0.39 is 5.91 Å². The number of hydrogen-bond acceptors (Lipinski definition) is 5. The normalized spacial score (nSPS) is 9.83. The summed E-state index contributed by atoms with van der Waals surface area (Å²) in [6, 6.07) is 0. The highest BCUT2D eigenvalue weighted by Gasteiger charge is 2.02. The summed E-state index contributed by atoms with van der Waals surface area (Å²) in [7, 11) is 0. The van der Waals surface area contributed by atoms with Crippen LogP contribution in [0.3, 0.4) is 0 Å². The van der Waals surface area contributed by atoms with E-state index in [4.69, 9.17) is 10.9 Å². The van der Waals surface area contributed by atoms with E-state index in [9.17, 15) is 4.79 Å². The molecule has 4 N–H and O–H groups in total. The van der Waals surface area contributed by atoms with Crippen molar-refractivity contribution in [3.63, 3.8) is 0 Å². The molecule has 1 aromatic rings. The van der Waals surface area contributed by atoms with Crippen LogP contribution in [0.15, 0.2) is 6.20 Å². The Hall–Kier alpha value is -1.47. The predicted octanol–water partition coefficient (Wildman–Crippen LogP) is -1.76. The van der Waals surface area contributed by atoms with Gasteiger partial charge in [0.05, 0.1) is 11.9 Å². The Bertz CT molecular complexity index is 271. The Morgan fingerprint density at radius 1 is 1.83 bits per heavy atom. The number of carbonyl (C=O) groups excluding carboxylic acids is 1. The highest BCUT2D eigenvalue weighted by Crippen LogP contribution is 1.89. The molecule has 0 aliphatic rings. The lowest BCUT2D eigenvalue weighted by Gasteiger charge is -1.95. The SMILES string of the molecule is NCc1cn(CC(=O)NO)nn1. The maximum absolute atomic E-state index is 10.6. The van der Waals surface area contributed by atoms with Gasteiger partial charge in [0.25, 0.3) is 5.91 Å². The zero-order chi connectivity index (χ0) is 8.97. The molecule has 0 fully saturated rings. The lowest BCUT2D eigenvalue weighted by molar-refractivity contribution is -0.130. The Morgan fingerprint density at radius 2 is 2.58 bits per heavy atom. The van der Waals surface area contributed by atoms with Crippen LogP contribution in [-0.4, -0.2) is 26.1 Å². The number of hydroxylamine groups is 1. The van der Waals surface area contributed by atoms with Crippen LogP contribution in [0.5, 0.6) is 0 Å². The second-order valence-corrected chi connectivity index (χ2v) is 2.15. The molecule has 1 rings (SSSR count). The maximum Gasteiger partial charge on any atom is 0.265 e. The lowest BCUT2D eigenvalue weighted by Crippen LogP contribution is -2.24. The Labute approximate surface area is 68.1 Å². The van der Waals surface area contributed by atoms with Crippen molar-refractivity contribution in [2.45, 2.75) is 13.1 Å². The fourth-order valence-electron chi connectivity index (χ4n) is 0.692. The molecule has 0 radical (unpaired) electrons. The molecule has 0 unspecified atom stereocenters. The van der Waals surface area contributed by atoms with E-state index >= 15 is 0 Å². The third kappa shape index (κ3) is 2.01. The smallest absolute Gasteiger partial charge is 0.265 e. The van der Waals surface area contributed by atoms with Crippen LogP contribution in [0.25, 0.3) is 0 Å². The van der Waals surface area contributed by atoms with Crippen LogP contribution in [0.2, 0.25) is 0 Å². The molecule has 1 aromatic heterocycles. The fourth-order valence-corrected chi connectivity index (χ4v) is 0.692. The molecule has 0 saturated heterocycles. The number of amides is 1. The fraction of sp³-hybridized carbons (Fsp3) is 0.400. The molecule has 1 heterocycles. The standard InChI is InChI=1S/C5H9N5O2/c6-1-4-2-10(9-7-4)3-5(11)8-12/h2,12H,1,3,6H2,(H,8,11). The van der Waals surface area contributed by atoms with Crippen molar-refractivity contribution < 1.29 is 10.0 Å². The molecule has 1 amide bonds. The first-order chi connectivity index (χ1) is 5.76. The van der Waals surface area contributed by atoms with E-state index in [2.05, 4.69) is 10.3 Å². The molecule has 0 aliphatic carbocycles. The first-order valence-electron chi connectivity index (χ1n) is 3.28. The van der Waals surface area contributed by atoms with E-state index in [1.807, 2.05) is 0 Å². The number of nitrogens with zero attached hydrogens (tertiary/aromatic N) is 3. The zero-order valence-electron chi connectivity index (χ0n) is 6.27. The largest absolute Gasteiger partial charge is 0.325 e. The molecule has 0 spiro atoms. The van der Waals surface area contributed by atoms with E-state index in [1.54, 1.807) is 0 Å². The average Bonchev–Trinajstić information content (AvgIpc) is 2.52. The quantitative estimate of drug-likeness (QED) is 0.369.